The molecule has 0 unspecified atom stereocenters. The number of carbonyl (C=O) groups is 2. The Hall–Kier alpha value is -2.64. The number of ether oxygens (including phenoxy) is 2. The van der Waals surface area contributed by atoms with Gasteiger partial charge in [0, 0.05) is 13.2 Å². The third-order valence-electron chi connectivity index (χ3n) is 5.68. The van der Waals surface area contributed by atoms with Crippen LogP contribution in [0.2, 0.25) is 0 Å². The molecule has 0 spiro atoms. The van der Waals surface area contributed by atoms with Gasteiger partial charge in [0.1, 0.15) is 5.75 Å². The highest BCUT2D eigenvalue weighted by Gasteiger charge is 2.45. The number of ketones is 1. The number of Topliss-reactive ketones (excluding diaryl/α,β-unsaturated/α-hetero) is 1. The largest absolute Gasteiger partial charge is 0.503 e. The zero-order valence-corrected chi connectivity index (χ0v) is 18.4. The van der Waals surface area contributed by atoms with Gasteiger partial charge in [0.25, 0.3) is 5.91 Å². The quantitative estimate of drug-likeness (QED) is 0.452. The lowest BCUT2D eigenvalue weighted by molar-refractivity contribution is -0.131. The first kappa shape index (κ1) is 21.6. The maximum Gasteiger partial charge on any atom is 0.290 e. The maximum absolute atomic E-state index is 13.2. The number of rotatable bonds is 9. The Morgan fingerprint density at radius 3 is 2.74 bits per heavy atom. The van der Waals surface area contributed by atoms with Crippen molar-refractivity contribution in [1.82, 2.24) is 4.90 Å². The van der Waals surface area contributed by atoms with E-state index in [0.29, 0.717) is 24.6 Å². The molecule has 2 atom stereocenters. The van der Waals surface area contributed by atoms with Crippen LogP contribution in [-0.4, -0.2) is 47.6 Å². The van der Waals surface area contributed by atoms with Crippen LogP contribution in [0, 0.1) is 0 Å². The molecule has 0 aliphatic carbocycles. The topological polar surface area (TPSA) is 76.1 Å². The standard InChI is InChI=1S/C24H27NO5S/c1-2-3-12-29-17-10-8-16(9-11-17)21-20(22(26)19-7-5-14-31-19)23(27)24(28)25(21)15-18-6-4-13-30-18/h5,7-11,14,18,21,27H,2-4,6,12-13,15H2,1H3/t18-,21-/m1/s1. The van der Waals surface area contributed by atoms with E-state index in [2.05, 4.69) is 6.92 Å². The molecular weight excluding hydrogens is 414 g/mol. The number of aliphatic hydroxyl groups is 1. The predicted octanol–water partition coefficient (Wildman–Crippen LogP) is 4.68. The highest BCUT2D eigenvalue weighted by atomic mass is 32.1. The minimum Gasteiger partial charge on any atom is -0.503 e. The number of aliphatic hydroxyl groups excluding tert-OH is 1. The predicted molar refractivity (Wildman–Crippen MR) is 119 cm³/mol. The van der Waals surface area contributed by atoms with Gasteiger partial charge in [0.2, 0.25) is 5.78 Å². The smallest absolute Gasteiger partial charge is 0.290 e. The van der Waals surface area contributed by atoms with Crippen LogP contribution in [-0.2, 0) is 9.53 Å². The molecule has 6 nitrogen and oxygen atoms in total. The van der Waals surface area contributed by atoms with E-state index in [0.717, 1.165) is 37.0 Å². The molecule has 4 rings (SSSR count). The highest BCUT2D eigenvalue weighted by molar-refractivity contribution is 7.12. The summed E-state index contributed by atoms with van der Waals surface area (Å²) in [6.07, 6.45) is 3.74. The van der Waals surface area contributed by atoms with Gasteiger partial charge in [-0.05, 0) is 48.4 Å². The third-order valence-corrected chi connectivity index (χ3v) is 6.55. The van der Waals surface area contributed by atoms with Crippen LogP contribution in [0.4, 0.5) is 0 Å². The zero-order chi connectivity index (χ0) is 21.8. The second-order valence-electron chi connectivity index (χ2n) is 7.83. The first-order valence-electron chi connectivity index (χ1n) is 10.8. The van der Waals surface area contributed by atoms with Gasteiger partial charge >= 0.3 is 0 Å². The van der Waals surface area contributed by atoms with E-state index in [9.17, 15) is 14.7 Å². The average molecular weight is 442 g/mol. The summed E-state index contributed by atoms with van der Waals surface area (Å²) in [6.45, 7) is 3.76. The van der Waals surface area contributed by atoms with Crippen LogP contribution in [0.5, 0.6) is 5.75 Å². The second kappa shape index (κ2) is 9.66. The molecule has 7 heteroatoms. The fourth-order valence-corrected chi connectivity index (χ4v) is 4.73. The van der Waals surface area contributed by atoms with Gasteiger partial charge in [-0.2, -0.15) is 0 Å². The Morgan fingerprint density at radius 2 is 2.10 bits per heavy atom. The molecule has 0 bridgehead atoms. The summed E-state index contributed by atoms with van der Waals surface area (Å²) < 4.78 is 11.5. The molecule has 2 aliphatic heterocycles. The van der Waals surface area contributed by atoms with Crippen molar-refractivity contribution in [2.24, 2.45) is 0 Å². The van der Waals surface area contributed by atoms with Gasteiger partial charge in [-0.3, -0.25) is 9.59 Å². The summed E-state index contributed by atoms with van der Waals surface area (Å²) >= 11 is 1.30. The molecule has 0 saturated carbocycles. The number of carbonyl (C=O) groups excluding carboxylic acids is 2. The summed E-state index contributed by atoms with van der Waals surface area (Å²) in [5, 5.41) is 12.5. The fourth-order valence-electron chi connectivity index (χ4n) is 4.05. The Kier molecular flexibility index (Phi) is 6.73. The van der Waals surface area contributed by atoms with E-state index in [1.165, 1.54) is 11.3 Å². The molecule has 1 aromatic heterocycles. The molecule has 1 saturated heterocycles. The van der Waals surface area contributed by atoms with E-state index in [1.807, 2.05) is 29.6 Å². The van der Waals surface area contributed by atoms with E-state index >= 15 is 0 Å². The van der Waals surface area contributed by atoms with E-state index < -0.39 is 17.7 Å². The fraction of sp³-hybridized carbons (Fsp3) is 0.417. The molecule has 1 amide bonds. The normalized spacial score (nSPS) is 21.2. The lowest BCUT2D eigenvalue weighted by Gasteiger charge is -2.29. The first-order valence-corrected chi connectivity index (χ1v) is 11.6. The first-order chi connectivity index (χ1) is 15.1. The molecule has 3 heterocycles. The molecule has 2 aromatic rings. The number of hydrogen-bond donors (Lipinski definition) is 1. The van der Waals surface area contributed by atoms with Gasteiger partial charge in [-0.1, -0.05) is 31.5 Å². The monoisotopic (exact) mass is 441 g/mol. The van der Waals surface area contributed by atoms with Crippen molar-refractivity contribution in [3.63, 3.8) is 0 Å². The number of benzene rings is 1. The molecule has 2 aliphatic rings. The summed E-state index contributed by atoms with van der Waals surface area (Å²) in [4.78, 5) is 28.3. The van der Waals surface area contributed by atoms with Crippen molar-refractivity contribution in [2.45, 2.75) is 44.8 Å². The number of hydrogen-bond acceptors (Lipinski definition) is 6. The van der Waals surface area contributed by atoms with Gasteiger partial charge in [0.05, 0.1) is 29.2 Å². The molecular formula is C24H27NO5S. The van der Waals surface area contributed by atoms with Crippen molar-refractivity contribution >= 4 is 23.0 Å². The minimum atomic E-state index is -0.656. The number of thiophene rings is 1. The number of unbranched alkanes of at least 4 members (excludes halogenated alkanes) is 1. The molecule has 31 heavy (non-hydrogen) atoms. The Bertz CT molecular complexity index is 945. The van der Waals surface area contributed by atoms with Crippen LogP contribution in [0.15, 0.2) is 53.1 Å². The van der Waals surface area contributed by atoms with Crippen LogP contribution in [0.25, 0.3) is 0 Å². The molecule has 164 valence electrons. The SMILES string of the molecule is CCCCOc1ccc([C@@H]2C(C(=O)c3cccs3)=C(O)C(=O)N2C[C@H]2CCCO2)cc1. The van der Waals surface area contributed by atoms with E-state index in [-0.39, 0.29) is 17.5 Å². The van der Waals surface area contributed by atoms with Crippen LogP contribution in [0.3, 0.4) is 0 Å². The summed E-state index contributed by atoms with van der Waals surface area (Å²) in [7, 11) is 0. The Balaban J connectivity index is 1.65. The molecule has 1 N–H and O–H groups in total. The van der Waals surface area contributed by atoms with E-state index in [1.54, 1.807) is 17.0 Å². The molecule has 1 fully saturated rings. The molecule has 0 radical (unpaired) electrons. The van der Waals surface area contributed by atoms with Gasteiger partial charge in [-0.15, -0.1) is 11.3 Å². The van der Waals surface area contributed by atoms with Crippen molar-refractivity contribution in [1.29, 1.82) is 0 Å². The lowest BCUT2D eigenvalue weighted by Crippen LogP contribution is -2.37. The summed E-state index contributed by atoms with van der Waals surface area (Å²) in [5.74, 6) is -0.566. The Morgan fingerprint density at radius 1 is 1.29 bits per heavy atom. The third kappa shape index (κ3) is 4.52. The van der Waals surface area contributed by atoms with Crippen molar-refractivity contribution in [2.75, 3.05) is 19.8 Å². The van der Waals surface area contributed by atoms with Crippen molar-refractivity contribution < 1.29 is 24.2 Å². The highest BCUT2D eigenvalue weighted by Crippen LogP contribution is 2.40. The van der Waals surface area contributed by atoms with E-state index in [4.69, 9.17) is 9.47 Å². The van der Waals surface area contributed by atoms with Crippen LogP contribution in [0.1, 0.15) is 53.9 Å². The van der Waals surface area contributed by atoms with Crippen molar-refractivity contribution in [3.05, 3.63) is 63.6 Å². The minimum absolute atomic E-state index is 0.0907. The maximum atomic E-state index is 13.2. The van der Waals surface area contributed by atoms with Crippen molar-refractivity contribution in [3.8, 4) is 5.75 Å². The summed E-state index contributed by atoms with van der Waals surface area (Å²) in [6, 6.07) is 10.3. The van der Waals surface area contributed by atoms with Gasteiger partial charge in [0.15, 0.2) is 5.76 Å². The average Bonchev–Trinajstić information content (AvgIpc) is 3.53. The second-order valence-corrected chi connectivity index (χ2v) is 8.78. The van der Waals surface area contributed by atoms with Gasteiger partial charge in [-0.25, -0.2) is 0 Å². The zero-order valence-electron chi connectivity index (χ0n) is 17.6. The number of nitrogens with zero attached hydrogens (tertiary/aromatic N) is 1. The summed E-state index contributed by atoms with van der Waals surface area (Å²) in [5.41, 5.74) is 0.892. The molecule has 1 aromatic carbocycles. The lowest BCUT2D eigenvalue weighted by atomic mass is 9.95. The number of amides is 1. The van der Waals surface area contributed by atoms with Crippen LogP contribution >= 0.6 is 11.3 Å². The Labute approximate surface area is 186 Å². The van der Waals surface area contributed by atoms with Gasteiger partial charge < -0.3 is 19.5 Å². The van der Waals surface area contributed by atoms with Crippen LogP contribution < -0.4 is 4.74 Å².